The monoisotopic (exact) mass is 515 g/mol. The van der Waals surface area contributed by atoms with Crippen LogP contribution in [0, 0.1) is 0 Å². The fraction of sp³-hybridized carbons (Fsp3) is 0.406. The first-order chi connectivity index (χ1) is 18.3. The lowest BCUT2D eigenvalue weighted by atomic mass is 9.88. The van der Waals surface area contributed by atoms with Crippen molar-refractivity contribution in [1.29, 1.82) is 0 Å². The smallest absolute Gasteiger partial charge is 0.253 e. The average Bonchev–Trinajstić information content (AvgIpc) is 2.94. The number of aromatic nitrogens is 1. The molecule has 6 nitrogen and oxygen atoms in total. The van der Waals surface area contributed by atoms with Gasteiger partial charge in [-0.25, -0.2) is 4.98 Å². The number of nitrogens with zero attached hydrogens (tertiary/aromatic N) is 4. The van der Waals surface area contributed by atoms with E-state index in [4.69, 9.17) is 0 Å². The first-order valence-corrected chi connectivity index (χ1v) is 13.5. The van der Waals surface area contributed by atoms with Crippen molar-refractivity contribution in [1.82, 2.24) is 14.8 Å². The molecule has 0 bridgehead atoms. The highest BCUT2D eigenvalue weighted by atomic mass is 16.2. The molecule has 0 saturated carbocycles. The first-order valence-electron chi connectivity index (χ1n) is 13.5. The van der Waals surface area contributed by atoms with Gasteiger partial charge in [0.25, 0.3) is 5.91 Å². The molecule has 3 rings (SSSR count). The molecule has 38 heavy (non-hydrogen) atoms. The minimum absolute atomic E-state index is 0.0476. The highest BCUT2D eigenvalue weighted by Gasteiger charge is 2.21. The van der Waals surface area contributed by atoms with E-state index in [2.05, 4.69) is 58.0 Å². The number of benzene rings is 1. The maximum absolute atomic E-state index is 12.1. The van der Waals surface area contributed by atoms with Crippen LogP contribution in [0.3, 0.4) is 0 Å². The summed E-state index contributed by atoms with van der Waals surface area (Å²) in [5.41, 5.74) is 6.34. The standard InChI is InChI=1S/C30H39N5O.C2H6/c1-22(19-23(2)28(13-16-31-3)27-11-12-29(32-4)33-20-27)21-35-17-14-25(15-18-35)24-7-9-26(10-8-24)30(36)34(5)6;1-2/h7-13,16,19-20,25H,2,14-15,17-18,21H2,1,3-6H3,(H,32,33);1-2H3/b22-19+,28-13+,31-16?;. The minimum atomic E-state index is 0.0476. The lowest BCUT2D eigenvalue weighted by molar-refractivity contribution is 0.0827. The van der Waals surface area contributed by atoms with Gasteiger partial charge in [0, 0.05) is 58.3 Å². The number of hydrogen-bond acceptors (Lipinski definition) is 5. The minimum Gasteiger partial charge on any atom is -0.373 e. The van der Waals surface area contributed by atoms with E-state index >= 15 is 0 Å². The van der Waals surface area contributed by atoms with Crippen molar-refractivity contribution in [2.75, 3.05) is 53.1 Å². The summed E-state index contributed by atoms with van der Waals surface area (Å²) in [4.78, 5) is 24.8. The fourth-order valence-electron chi connectivity index (χ4n) is 4.59. The fourth-order valence-corrected chi connectivity index (χ4v) is 4.59. The van der Waals surface area contributed by atoms with Gasteiger partial charge in [-0.2, -0.15) is 0 Å². The van der Waals surface area contributed by atoms with Crippen LogP contribution < -0.4 is 5.32 Å². The number of likely N-dealkylation sites (tertiary alicyclic amines) is 1. The molecule has 0 radical (unpaired) electrons. The molecule has 1 aliphatic rings. The third-order valence-corrected chi connectivity index (χ3v) is 6.58. The molecule has 1 saturated heterocycles. The SMILES string of the molecule is C=C(/C=C(\C)CN1CCC(c2ccc(C(=O)N(C)C)cc2)CC1)/C(=C\C=NC)c1ccc(NC)nc1.CC. The van der Waals surface area contributed by atoms with Crippen LogP contribution in [0.15, 0.2) is 77.5 Å². The van der Waals surface area contributed by atoms with Gasteiger partial charge in [-0.3, -0.25) is 14.7 Å². The molecule has 0 aliphatic carbocycles. The van der Waals surface area contributed by atoms with Crippen LogP contribution in [0.4, 0.5) is 5.82 Å². The number of nitrogens with one attached hydrogen (secondary N) is 1. The molecule has 2 heterocycles. The summed E-state index contributed by atoms with van der Waals surface area (Å²) in [6.45, 7) is 13.6. The zero-order valence-electron chi connectivity index (χ0n) is 24.3. The summed E-state index contributed by atoms with van der Waals surface area (Å²) in [6, 6.07) is 12.2. The van der Waals surface area contributed by atoms with Crippen molar-refractivity contribution in [2.45, 2.75) is 39.5 Å². The molecule has 0 spiro atoms. The Bertz CT molecular complexity index is 1120. The number of piperidine rings is 1. The van der Waals surface area contributed by atoms with Gasteiger partial charge in [0.2, 0.25) is 0 Å². The summed E-state index contributed by atoms with van der Waals surface area (Å²) in [7, 11) is 7.20. The quantitative estimate of drug-likeness (QED) is 0.314. The Hall–Kier alpha value is -3.51. The number of hydrogen-bond donors (Lipinski definition) is 1. The lowest BCUT2D eigenvalue weighted by Gasteiger charge is -2.32. The van der Waals surface area contributed by atoms with Gasteiger partial charge < -0.3 is 10.2 Å². The highest BCUT2D eigenvalue weighted by molar-refractivity contribution is 5.94. The number of anilines is 1. The van der Waals surface area contributed by atoms with Crippen molar-refractivity contribution >= 4 is 23.5 Å². The molecule has 2 aromatic rings. The van der Waals surface area contributed by atoms with Gasteiger partial charge in [0.1, 0.15) is 5.82 Å². The molecule has 6 heteroatoms. The predicted molar refractivity (Wildman–Crippen MR) is 163 cm³/mol. The van der Waals surface area contributed by atoms with Gasteiger partial charge in [0.15, 0.2) is 0 Å². The normalized spacial score (nSPS) is 15.1. The van der Waals surface area contributed by atoms with Crippen molar-refractivity contribution in [2.24, 2.45) is 4.99 Å². The van der Waals surface area contributed by atoms with E-state index in [1.54, 1.807) is 32.3 Å². The second kappa shape index (κ2) is 15.7. The number of aliphatic imine (C=N–C) groups is 1. The van der Waals surface area contributed by atoms with Crippen molar-refractivity contribution in [3.8, 4) is 0 Å². The van der Waals surface area contributed by atoms with E-state index in [-0.39, 0.29) is 5.91 Å². The molecule has 1 amide bonds. The van der Waals surface area contributed by atoms with Gasteiger partial charge >= 0.3 is 0 Å². The molecular weight excluding hydrogens is 470 g/mol. The van der Waals surface area contributed by atoms with Crippen molar-refractivity contribution < 1.29 is 4.79 Å². The van der Waals surface area contributed by atoms with Crippen molar-refractivity contribution in [3.63, 3.8) is 0 Å². The average molecular weight is 516 g/mol. The second-order valence-electron chi connectivity index (χ2n) is 9.56. The summed E-state index contributed by atoms with van der Waals surface area (Å²) < 4.78 is 0. The Morgan fingerprint density at radius 2 is 1.76 bits per heavy atom. The maximum Gasteiger partial charge on any atom is 0.253 e. The van der Waals surface area contributed by atoms with Crippen LogP contribution in [-0.4, -0.2) is 74.7 Å². The Morgan fingerprint density at radius 1 is 1.13 bits per heavy atom. The van der Waals surface area contributed by atoms with Crippen LogP contribution in [0.1, 0.15) is 61.0 Å². The summed E-state index contributed by atoms with van der Waals surface area (Å²) in [5.74, 6) is 1.42. The third kappa shape index (κ3) is 8.80. The number of rotatable bonds is 9. The largest absolute Gasteiger partial charge is 0.373 e. The van der Waals surface area contributed by atoms with E-state index < -0.39 is 0 Å². The van der Waals surface area contributed by atoms with Gasteiger partial charge in [-0.1, -0.05) is 44.2 Å². The van der Waals surface area contributed by atoms with Crippen LogP contribution >= 0.6 is 0 Å². The Balaban J connectivity index is 0.00000247. The number of pyridine rings is 1. The van der Waals surface area contributed by atoms with E-state index in [1.807, 2.05) is 51.4 Å². The van der Waals surface area contributed by atoms with Crippen LogP contribution in [0.5, 0.6) is 0 Å². The van der Waals surface area contributed by atoms with Crippen molar-refractivity contribution in [3.05, 3.63) is 89.2 Å². The van der Waals surface area contributed by atoms with Crippen LogP contribution in [0.2, 0.25) is 0 Å². The summed E-state index contributed by atoms with van der Waals surface area (Å²) in [5, 5.41) is 3.06. The molecular formula is C32H45N5O. The molecule has 1 aliphatic heterocycles. The van der Waals surface area contributed by atoms with E-state index in [0.717, 1.165) is 60.6 Å². The van der Waals surface area contributed by atoms with Crippen LogP contribution in [0.25, 0.3) is 5.57 Å². The number of carbonyl (C=O) groups excluding carboxylic acids is 1. The summed E-state index contributed by atoms with van der Waals surface area (Å²) in [6.07, 6.45) is 10.1. The molecule has 1 fully saturated rings. The number of allylic oxidation sites excluding steroid dienone is 4. The molecule has 0 atom stereocenters. The molecule has 1 aromatic carbocycles. The molecule has 1 aromatic heterocycles. The van der Waals surface area contributed by atoms with Gasteiger partial charge in [0.05, 0.1) is 0 Å². The summed E-state index contributed by atoms with van der Waals surface area (Å²) >= 11 is 0. The Kier molecular flexibility index (Phi) is 12.7. The Morgan fingerprint density at radius 3 is 2.29 bits per heavy atom. The Labute approximate surface area is 229 Å². The van der Waals surface area contributed by atoms with E-state index in [1.165, 1.54) is 11.1 Å². The van der Waals surface area contributed by atoms with Gasteiger partial charge in [-0.05, 0) is 85.8 Å². The predicted octanol–water partition coefficient (Wildman–Crippen LogP) is 6.32. The first kappa shape index (κ1) is 30.7. The molecule has 204 valence electrons. The zero-order valence-corrected chi connectivity index (χ0v) is 24.3. The zero-order chi connectivity index (χ0) is 28.1. The molecule has 1 N–H and O–H groups in total. The van der Waals surface area contributed by atoms with Gasteiger partial charge in [-0.15, -0.1) is 0 Å². The number of amides is 1. The second-order valence-corrected chi connectivity index (χ2v) is 9.56. The lowest BCUT2D eigenvalue weighted by Crippen LogP contribution is -2.34. The third-order valence-electron chi connectivity index (χ3n) is 6.58. The van der Waals surface area contributed by atoms with E-state index in [9.17, 15) is 4.79 Å². The highest BCUT2D eigenvalue weighted by Crippen LogP contribution is 2.29. The number of carbonyl (C=O) groups is 1. The molecule has 0 unspecified atom stereocenters. The topological polar surface area (TPSA) is 60.8 Å². The van der Waals surface area contributed by atoms with Crippen LogP contribution in [-0.2, 0) is 0 Å². The van der Waals surface area contributed by atoms with E-state index in [0.29, 0.717) is 5.92 Å². The maximum atomic E-state index is 12.1.